The van der Waals surface area contributed by atoms with Crippen LogP contribution in [0.25, 0.3) is 0 Å². The number of nitrogens with one attached hydrogen (secondary N) is 1. The molecule has 0 unspecified atom stereocenters. The summed E-state index contributed by atoms with van der Waals surface area (Å²) in [5.41, 5.74) is 12.8. The van der Waals surface area contributed by atoms with Gasteiger partial charge in [0.25, 0.3) is 11.8 Å². The van der Waals surface area contributed by atoms with Crippen molar-refractivity contribution in [3.63, 3.8) is 0 Å². The second-order valence-corrected chi connectivity index (χ2v) is 4.36. The molecule has 0 saturated carbocycles. The molecule has 5 N–H and O–H groups in total. The molecule has 0 spiro atoms. The molecular weight excluding hydrogens is 306 g/mol. The van der Waals surface area contributed by atoms with E-state index in [4.69, 9.17) is 16.2 Å². The first-order chi connectivity index (χ1) is 10.0. The lowest BCUT2D eigenvalue weighted by Gasteiger charge is -2.08. The fraction of sp³-hybridized carbons (Fsp3) is 0.0667. The second kappa shape index (κ2) is 7.33. The highest BCUT2D eigenvalue weighted by molar-refractivity contribution is 6.10. The van der Waals surface area contributed by atoms with E-state index in [0.29, 0.717) is 22.7 Å². The summed E-state index contributed by atoms with van der Waals surface area (Å²) in [5.74, 6) is -0.572. The first-order valence-corrected chi connectivity index (χ1v) is 6.16. The minimum Gasteiger partial charge on any atom is -0.495 e. The Morgan fingerprint density at radius 1 is 0.955 bits per heavy atom. The van der Waals surface area contributed by atoms with E-state index in [1.165, 1.54) is 19.2 Å². The van der Waals surface area contributed by atoms with E-state index in [9.17, 15) is 9.59 Å². The number of hydrogen-bond acceptors (Lipinski definition) is 5. The molecule has 2 aromatic carbocycles. The van der Waals surface area contributed by atoms with Crippen LogP contribution in [0.4, 0.5) is 11.4 Å². The standard InChI is InChI=1S/C15H15N3O3.ClH/c1-21-13-7-4-10(8-12(13)17)15(20)18-14(19)9-2-5-11(16)6-3-9;/h2-8H,16-17H2,1H3,(H,18,19,20);1H. The van der Waals surface area contributed by atoms with Crippen molar-refractivity contribution in [1.29, 1.82) is 0 Å². The number of carbonyl (C=O) groups excluding carboxylic acids is 2. The molecule has 22 heavy (non-hydrogen) atoms. The Labute approximate surface area is 133 Å². The van der Waals surface area contributed by atoms with Crippen molar-refractivity contribution in [1.82, 2.24) is 5.32 Å². The van der Waals surface area contributed by atoms with Crippen LogP contribution in [0.15, 0.2) is 42.5 Å². The zero-order valence-corrected chi connectivity index (χ0v) is 12.6. The molecule has 0 radical (unpaired) electrons. The smallest absolute Gasteiger partial charge is 0.258 e. The minimum absolute atomic E-state index is 0. The number of nitrogen functional groups attached to an aromatic ring is 2. The molecular formula is C15H16ClN3O3. The van der Waals surface area contributed by atoms with Crippen molar-refractivity contribution in [2.45, 2.75) is 0 Å². The number of imide groups is 1. The lowest BCUT2D eigenvalue weighted by Crippen LogP contribution is -2.30. The van der Waals surface area contributed by atoms with Gasteiger partial charge in [0.2, 0.25) is 0 Å². The number of amides is 2. The highest BCUT2D eigenvalue weighted by Gasteiger charge is 2.13. The number of halogens is 1. The van der Waals surface area contributed by atoms with Crippen molar-refractivity contribution in [2.24, 2.45) is 0 Å². The number of ether oxygens (including phenoxy) is 1. The van der Waals surface area contributed by atoms with Crippen LogP contribution in [0.3, 0.4) is 0 Å². The Bertz CT molecular complexity index is 687. The fourth-order valence-electron chi connectivity index (χ4n) is 1.76. The van der Waals surface area contributed by atoms with Gasteiger partial charge in [-0.1, -0.05) is 0 Å². The molecule has 2 aromatic rings. The molecule has 0 aliphatic carbocycles. The molecule has 2 rings (SSSR count). The Balaban J connectivity index is 0.00000242. The quantitative estimate of drug-likeness (QED) is 0.590. The molecule has 116 valence electrons. The van der Waals surface area contributed by atoms with Crippen molar-refractivity contribution >= 4 is 35.6 Å². The average Bonchev–Trinajstić information content (AvgIpc) is 2.47. The maximum absolute atomic E-state index is 12.0. The van der Waals surface area contributed by atoms with E-state index < -0.39 is 11.8 Å². The lowest BCUT2D eigenvalue weighted by molar-refractivity contribution is 0.0849. The van der Waals surface area contributed by atoms with Gasteiger partial charge in [0.1, 0.15) is 5.75 Å². The number of nitrogens with two attached hydrogens (primary N) is 2. The molecule has 0 atom stereocenters. The summed E-state index contributed by atoms with van der Waals surface area (Å²) in [6.07, 6.45) is 0. The van der Waals surface area contributed by atoms with Gasteiger partial charge in [-0.3, -0.25) is 14.9 Å². The van der Waals surface area contributed by atoms with Gasteiger partial charge < -0.3 is 16.2 Å². The average molecular weight is 322 g/mol. The molecule has 2 amide bonds. The van der Waals surface area contributed by atoms with Crippen LogP contribution in [0, 0.1) is 0 Å². The third kappa shape index (κ3) is 3.89. The summed E-state index contributed by atoms with van der Waals surface area (Å²) in [6.45, 7) is 0. The maximum atomic E-state index is 12.0. The van der Waals surface area contributed by atoms with Crippen molar-refractivity contribution < 1.29 is 14.3 Å². The van der Waals surface area contributed by atoms with Gasteiger partial charge in [0.05, 0.1) is 12.8 Å². The molecule has 0 fully saturated rings. The topological polar surface area (TPSA) is 107 Å². The van der Waals surface area contributed by atoms with E-state index in [-0.39, 0.29) is 18.0 Å². The van der Waals surface area contributed by atoms with Crippen LogP contribution in [0.1, 0.15) is 20.7 Å². The zero-order valence-electron chi connectivity index (χ0n) is 11.8. The van der Waals surface area contributed by atoms with Gasteiger partial charge in [0, 0.05) is 16.8 Å². The molecule has 7 heteroatoms. The SMILES string of the molecule is COc1ccc(C(=O)NC(=O)c2ccc(N)cc2)cc1N.Cl. The normalized spacial score (nSPS) is 9.50. The summed E-state index contributed by atoms with van der Waals surface area (Å²) in [4.78, 5) is 23.9. The van der Waals surface area contributed by atoms with Gasteiger partial charge in [0.15, 0.2) is 0 Å². The van der Waals surface area contributed by atoms with E-state index >= 15 is 0 Å². The molecule has 0 bridgehead atoms. The van der Waals surface area contributed by atoms with Crippen LogP contribution in [0.2, 0.25) is 0 Å². The highest BCUT2D eigenvalue weighted by atomic mass is 35.5. The number of benzene rings is 2. The molecule has 0 saturated heterocycles. The van der Waals surface area contributed by atoms with Crippen LogP contribution < -0.4 is 21.5 Å². The van der Waals surface area contributed by atoms with Crippen molar-refractivity contribution in [3.8, 4) is 5.75 Å². The van der Waals surface area contributed by atoms with E-state index in [1.807, 2.05) is 0 Å². The van der Waals surface area contributed by atoms with Gasteiger partial charge in [-0.2, -0.15) is 0 Å². The Kier molecular flexibility index (Phi) is 5.77. The molecule has 0 aromatic heterocycles. The predicted octanol–water partition coefficient (Wildman–Crippen LogP) is 1.85. The van der Waals surface area contributed by atoms with Crippen LogP contribution in [0.5, 0.6) is 5.75 Å². The van der Waals surface area contributed by atoms with Crippen LogP contribution in [-0.4, -0.2) is 18.9 Å². The third-order valence-electron chi connectivity index (χ3n) is 2.89. The number of hydrogen-bond donors (Lipinski definition) is 3. The number of anilines is 2. The predicted molar refractivity (Wildman–Crippen MR) is 87.3 cm³/mol. The third-order valence-corrected chi connectivity index (χ3v) is 2.89. The number of carbonyl (C=O) groups is 2. The summed E-state index contributed by atoms with van der Waals surface area (Å²) < 4.78 is 5.01. The highest BCUT2D eigenvalue weighted by Crippen LogP contribution is 2.21. The summed E-state index contributed by atoms with van der Waals surface area (Å²) in [5, 5.41) is 2.28. The van der Waals surface area contributed by atoms with E-state index in [0.717, 1.165) is 0 Å². The first-order valence-electron chi connectivity index (χ1n) is 6.16. The monoisotopic (exact) mass is 321 g/mol. The Hall–Kier alpha value is -2.73. The van der Waals surface area contributed by atoms with Crippen LogP contribution >= 0.6 is 12.4 Å². The minimum atomic E-state index is -0.536. The maximum Gasteiger partial charge on any atom is 0.258 e. The van der Waals surface area contributed by atoms with Gasteiger partial charge in [-0.05, 0) is 42.5 Å². The summed E-state index contributed by atoms with van der Waals surface area (Å²) >= 11 is 0. The Morgan fingerprint density at radius 3 is 2.05 bits per heavy atom. The first kappa shape index (κ1) is 17.3. The van der Waals surface area contributed by atoms with E-state index in [1.54, 1.807) is 30.3 Å². The van der Waals surface area contributed by atoms with Crippen molar-refractivity contribution in [2.75, 3.05) is 18.6 Å². The van der Waals surface area contributed by atoms with Gasteiger partial charge >= 0.3 is 0 Å². The largest absolute Gasteiger partial charge is 0.495 e. The molecule has 6 nitrogen and oxygen atoms in total. The fourth-order valence-corrected chi connectivity index (χ4v) is 1.76. The van der Waals surface area contributed by atoms with Gasteiger partial charge in [-0.15, -0.1) is 12.4 Å². The zero-order chi connectivity index (χ0) is 15.4. The second-order valence-electron chi connectivity index (χ2n) is 4.36. The Morgan fingerprint density at radius 2 is 1.50 bits per heavy atom. The molecule has 0 aliphatic rings. The number of rotatable bonds is 3. The number of methoxy groups -OCH3 is 1. The molecule has 0 aliphatic heterocycles. The summed E-state index contributed by atoms with van der Waals surface area (Å²) in [6, 6.07) is 10.8. The summed E-state index contributed by atoms with van der Waals surface area (Å²) in [7, 11) is 1.48. The van der Waals surface area contributed by atoms with Crippen molar-refractivity contribution in [3.05, 3.63) is 53.6 Å². The van der Waals surface area contributed by atoms with Crippen LogP contribution in [-0.2, 0) is 0 Å². The lowest BCUT2D eigenvalue weighted by atomic mass is 10.1. The van der Waals surface area contributed by atoms with Gasteiger partial charge in [-0.25, -0.2) is 0 Å². The van der Waals surface area contributed by atoms with E-state index in [2.05, 4.69) is 5.32 Å². The molecule has 0 heterocycles.